The second kappa shape index (κ2) is 5.04. The first-order chi connectivity index (χ1) is 8.05. The van der Waals surface area contributed by atoms with Crippen molar-refractivity contribution in [2.24, 2.45) is 4.99 Å². The lowest BCUT2D eigenvalue weighted by Gasteiger charge is -2.15. The van der Waals surface area contributed by atoms with Crippen LogP contribution in [0.1, 0.15) is 37.9 Å². The molecule has 1 aliphatic heterocycles. The molecule has 0 radical (unpaired) electrons. The van der Waals surface area contributed by atoms with E-state index in [1.54, 1.807) is 11.3 Å². The van der Waals surface area contributed by atoms with Crippen molar-refractivity contribution in [3.8, 4) is 0 Å². The molecule has 0 atom stereocenters. The number of hydrogen-bond donors (Lipinski definition) is 2. The summed E-state index contributed by atoms with van der Waals surface area (Å²) in [6, 6.07) is 0. The maximum absolute atomic E-state index is 4.64. The fourth-order valence-electron chi connectivity index (χ4n) is 1.56. The third-order valence-corrected chi connectivity index (χ3v) is 3.84. The molecule has 1 aromatic heterocycles. The lowest BCUT2D eigenvalue weighted by atomic mass is 9.98. The first-order valence-electron chi connectivity index (χ1n) is 6.03. The van der Waals surface area contributed by atoms with Gasteiger partial charge < -0.3 is 10.6 Å². The minimum Gasteiger partial charge on any atom is -0.356 e. The van der Waals surface area contributed by atoms with Crippen LogP contribution in [0.25, 0.3) is 0 Å². The van der Waals surface area contributed by atoms with Crippen molar-refractivity contribution in [1.29, 1.82) is 0 Å². The second-order valence-corrected chi connectivity index (χ2v) is 6.12. The van der Waals surface area contributed by atoms with Gasteiger partial charge in [-0.05, 0) is 6.42 Å². The molecule has 0 aliphatic carbocycles. The topological polar surface area (TPSA) is 49.3 Å². The Labute approximate surface area is 107 Å². The van der Waals surface area contributed by atoms with E-state index in [-0.39, 0.29) is 5.41 Å². The van der Waals surface area contributed by atoms with Gasteiger partial charge >= 0.3 is 0 Å². The summed E-state index contributed by atoms with van der Waals surface area (Å²) in [7, 11) is 0. The van der Waals surface area contributed by atoms with E-state index in [0.717, 1.165) is 37.7 Å². The Morgan fingerprint density at radius 2 is 2.29 bits per heavy atom. The van der Waals surface area contributed by atoms with E-state index in [4.69, 9.17) is 0 Å². The summed E-state index contributed by atoms with van der Waals surface area (Å²) in [5, 5.41) is 9.84. The molecule has 0 spiro atoms. The first-order valence-corrected chi connectivity index (χ1v) is 6.91. The summed E-state index contributed by atoms with van der Waals surface area (Å²) in [5.41, 5.74) is 1.23. The molecule has 1 aliphatic rings. The zero-order valence-electron chi connectivity index (χ0n) is 10.7. The summed E-state index contributed by atoms with van der Waals surface area (Å²) in [6.45, 7) is 9.25. The summed E-state index contributed by atoms with van der Waals surface area (Å²) in [4.78, 5) is 9.01. The van der Waals surface area contributed by atoms with Crippen LogP contribution in [-0.2, 0) is 12.0 Å². The average molecular weight is 252 g/mol. The standard InChI is InChI=1S/C12H20N4S/c1-12(2,3)10-16-9(8-17-10)7-15-11-13-5-4-6-14-11/h8H,4-7H2,1-3H3,(H2,13,14,15). The van der Waals surface area contributed by atoms with Crippen LogP contribution in [-0.4, -0.2) is 24.0 Å². The van der Waals surface area contributed by atoms with Crippen LogP contribution in [0.3, 0.4) is 0 Å². The van der Waals surface area contributed by atoms with E-state index in [0.29, 0.717) is 0 Å². The zero-order chi connectivity index (χ0) is 12.3. The van der Waals surface area contributed by atoms with Gasteiger partial charge in [0.15, 0.2) is 5.96 Å². The Morgan fingerprint density at radius 1 is 1.47 bits per heavy atom. The fourth-order valence-corrected chi connectivity index (χ4v) is 2.47. The number of hydrogen-bond acceptors (Lipinski definition) is 5. The minimum absolute atomic E-state index is 0.142. The van der Waals surface area contributed by atoms with Gasteiger partial charge in [0.25, 0.3) is 0 Å². The Bertz CT molecular complexity index is 403. The molecule has 2 N–H and O–H groups in total. The average Bonchev–Trinajstić information content (AvgIpc) is 2.76. The normalized spacial score (nSPS) is 16.3. The highest BCUT2D eigenvalue weighted by Gasteiger charge is 2.17. The zero-order valence-corrected chi connectivity index (χ0v) is 11.5. The minimum atomic E-state index is 0.142. The van der Waals surface area contributed by atoms with Gasteiger partial charge in [0.05, 0.1) is 17.2 Å². The van der Waals surface area contributed by atoms with Gasteiger partial charge in [-0.1, -0.05) is 20.8 Å². The highest BCUT2D eigenvalue weighted by Crippen LogP contribution is 2.25. The molecule has 4 nitrogen and oxygen atoms in total. The summed E-state index contributed by atoms with van der Waals surface area (Å²) < 4.78 is 0. The predicted molar refractivity (Wildman–Crippen MR) is 72.6 cm³/mol. The fraction of sp³-hybridized carbons (Fsp3) is 0.667. The van der Waals surface area contributed by atoms with Crippen molar-refractivity contribution < 1.29 is 0 Å². The number of aliphatic imine (C=N–C) groups is 1. The number of thiazole rings is 1. The lowest BCUT2D eigenvalue weighted by molar-refractivity contribution is 0.582. The Morgan fingerprint density at radius 3 is 2.88 bits per heavy atom. The highest BCUT2D eigenvalue weighted by molar-refractivity contribution is 7.09. The maximum atomic E-state index is 4.64. The van der Waals surface area contributed by atoms with Gasteiger partial charge in [-0.15, -0.1) is 11.3 Å². The summed E-state index contributed by atoms with van der Waals surface area (Å²) in [5.74, 6) is 0.904. The number of guanidine groups is 1. The van der Waals surface area contributed by atoms with Crippen molar-refractivity contribution in [2.45, 2.75) is 39.2 Å². The summed E-state index contributed by atoms with van der Waals surface area (Å²) in [6.07, 6.45) is 1.12. The van der Waals surface area contributed by atoms with Crippen LogP contribution in [0, 0.1) is 0 Å². The molecular weight excluding hydrogens is 232 g/mol. The molecule has 0 fully saturated rings. The molecule has 0 amide bonds. The second-order valence-electron chi connectivity index (χ2n) is 5.26. The van der Waals surface area contributed by atoms with Crippen LogP contribution in [0.15, 0.2) is 10.4 Å². The van der Waals surface area contributed by atoms with E-state index in [9.17, 15) is 0 Å². The smallest absolute Gasteiger partial charge is 0.191 e. The van der Waals surface area contributed by atoms with Gasteiger partial charge in [-0.3, -0.25) is 4.99 Å². The molecular formula is C12H20N4S. The number of nitrogens with zero attached hydrogens (tertiary/aromatic N) is 2. The molecule has 0 unspecified atom stereocenters. The monoisotopic (exact) mass is 252 g/mol. The van der Waals surface area contributed by atoms with E-state index in [2.05, 4.69) is 46.8 Å². The third-order valence-electron chi connectivity index (χ3n) is 2.53. The van der Waals surface area contributed by atoms with Crippen LogP contribution >= 0.6 is 11.3 Å². The van der Waals surface area contributed by atoms with E-state index < -0.39 is 0 Å². The molecule has 2 heterocycles. The molecule has 0 bridgehead atoms. The van der Waals surface area contributed by atoms with Crippen LogP contribution < -0.4 is 10.6 Å². The highest BCUT2D eigenvalue weighted by atomic mass is 32.1. The van der Waals surface area contributed by atoms with Crippen molar-refractivity contribution >= 4 is 17.3 Å². The van der Waals surface area contributed by atoms with Crippen LogP contribution in [0.4, 0.5) is 0 Å². The van der Waals surface area contributed by atoms with Gasteiger partial charge in [-0.2, -0.15) is 0 Å². The van der Waals surface area contributed by atoms with E-state index in [1.165, 1.54) is 5.01 Å². The number of nitrogens with one attached hydrogen (secondary N) is 2. The Kier molecular flexibility index (Phi) is 3.66. The Hall–Kier alpha value is -1.10. The van der Waals surface area contributed by atoms with Crippen LogP contribution in [0.5, 0.6) is 0 Å². The number of aromatic nitrogens is 1. The molecule has 2 rings (SSSR count). The van der Waals surface area contributed by atoms with Crippen molar-refractivity contribution in [2.75, 3.05) is 13.1 Å². The van der Waals surface area contributed by atoms with Crippen molar-refractivity contribution in [3.05, 3.63) is 16.1 Å². The maximum Gasteiger partial charge on any atom is 0.191 e. The molecule has 0 aromatic carbocycles. The molecule has 0 saturated carbocycles. The SMILES string of the molecule is CC(C)(C)c1nc(CNC2=NCCCN2)cs1. The quantitative estimate of drug-likeness (QED) is 0.845. The predicted octanol–water partition coefficient (Wildman–Crippen LogP) is 1.88. The van der Waals surface area contributed by atoms with Gasteiger partial charge in [0.1, 0.15) is 0 Å². The van der Waals surface area contributed by atoms with E-state index >= 15 is 0 Å². The number of rotatable bonds is 2. The summed E-state index contributed by atoms with van der Waals surface area (Å²) >= 11 is 1.73. The van der Waals surface area contributed by atoms with Crippen LogP contribution in [0.2, 0.25) is 0 Å². The van der Waals surface area contributed by atoms with Crippen molar-refractivity contribution in [1.82, 2.24) is 15.6 Å². The molecule has 0 saturated heterocycles. The lowest BCUT2D eigenvalue weighted by Crippen LogP contribution is -2.40. The Balaban J connectivity index is 1.91. The first kappa shape index (κ1) is 12.4. The van der Waals surface area contributed by atoms with Gasteiger partial charge in [-0.25, -0.2) is 4.98 Å². The molecule has 5 heteroatoms. The molecule has 94 valence electrons. The molecule has 1 aromatic rings. The molecule has 17 heavy (non-hydrogen) atoms. The largest absolute Gasteiger partial charge is 0.356 e. The van der Waals surface area contributed by atoms with E-state index in [1.807, 2.05) is 0 Å². The van der Waals surface area contributed by atoms with Crippen molar-refractivity contribution in [3.63, 3.8) is 0 Å². The van der Waals surface area contributed by atoms with Gasteiger partial charge in [0.2, 0.25) is 0 Å². The van der Waals surface area contributed by atoms with Gasteiger partial charge in [0, 0.05) is 23.9 Å². The third kappa shape index (κ3) is 3.43.